The first kappa shape index (κ1) is 24.2. The Hall–Kier alpha value is -2.11. The van der Waals surface area contributed by atoms with Gasteiger partial charge < -0.3 is 10.2 Å². The highest BCUT2D eigenvalue weighted by Crippen LogP contribution is 2.24. The Balaban J connectivity index is 2.33. The minimum atomic E-state index is -0.699. The molecule has 2 aromatic carbocycles. The van der Waals surface area contributed by atoms with Crippen LogP contribution in [0.3, 0.4) is 0 Å². The first-order valence-corrected chi connectivity index (χ1v) is 10.7. The summed E-state index contributed by atoms with van der Waals surface area (Å²) >= 11 is 12.3. The number of carbonyl (C=O) groups excluding carboxylic acids is 2. The Morgan fingerprint density at radius 3 is 2.40 bits per heavy atom. The van der Waals surface area contributed by atoms with Gasteiger partial charge in [0, 0.05) is 23.1 Å². The molecule has 0 saturated carbocycles. The van der Waals surface area contributed by atoms with E-state index in [9.17, 15) is 14.0 Å². The van der Waals surface area contributed by atoms with Crippen LogP contribution >= 0.6 is 23.2 Å². The maximum absolute atomic E-state index is 14.1. The van der Waals surface area contributed by atoms with E-state index in [4.69, 9.17) is 23.2 Å². The average molecular weight is 453 g/mol. The van der Waals surface area contributed by atoms with E-state index in [1.807, 2.05) is 20.8 Å². The smallest absolute Gasteiger partial charge is 0.242 e. The van der Waals surface area contributed by atoms with Crippen molar-refractivity contribution in [1.29, 1.82) is 0 Å². The van der Waals surface area contributed by atoms with Gasteiger partial charge in [-0.3, -0.25) is 9.59 Å². The lowest BCUT2D eigenvalue weighted by Crippen LogP contribution is -2.50. The van der Waals surface area contributed by atoms with Crippen molar-refractivity contribution in [2.24, 2.45) is 5.92 Å². The molecule has 0 unspecified atom stereocenters. The fourth-order valence-corrected chi connectivity index (χ4v) is 3.55. The molecule has 7 heteroatoms. The second kappa shape index (κ2) is 11.3. The molecule has 0 fully saturated rings. The van der Waals surface area contributed by atoms with Crippen LogP contribution < -0.4 is 5.32 Å². The number of nitrogens with one attached hydrogen (secondary N) is 1. The van der Waals surface area contributed by atoms with Gasteiger partial charge in [-0.15, -0.1) is 0 Å². The lowest BCUT2D eigenvalue weighted by atomic mass is 10.1. The fourth-order valence-electron chi connectivity index (χ4n) is 3.08. The molecular formula is C23H27Cl2FN2O2. The molecule has 2 rings (SSSR count). The van der Waals surface area contributed by atoms with Crippen LogP contribution in [-0.4, -0.2) is 29.3 Å². The minimum absolute atomic E-state index is 0.122. The molecule has 0 heterocycles. The van der Waals surface area contributed by atoms with Crippen LogP contribution in [0.25, 0.3) is 0 Å². The van der Waals surface area contributed by atoms with Crippen molar-refractivity contribution in [3.05, 3.63) is 69.5 Å². The highest BCUT2D eigenvalue weighted by molar-refractivity contribution is 6.35. The first-order chi connectivity index (χ1) is 14.2. The van der Waals surface area contributed by atoms with Gasteiger partial charge in [0.05, 0.1) is 6.42 Å². The van der Waals surface area contributed by atoms with Gasteiger partial charge in [0.25, 0.3) is 0 Å². The third-order valence-corrected chi connectivity index (χ3v) is 5.31. The second-order valence-corrected chi connectivity index (χ2v) is 8.43. The number of benzene rings is 2. The lowest BCUT2D eigenvalue weighted by molar-refractivity contribution is -0.141. The zero-order valence-corrected chi connectivity index (χ0v) is 18.9. The lowest BCUT2D eigenvalue weighted by Gasteiger charge is -2.31. The molecule has 0 aliphatic heterocycles. The Morgan fingerprint density at radius 1 is 1.10 bits per heavy atom. The summed E-state index contributed by atoms with van der Waals surface area (Å²) in [5.41, 5.74) is 0.949. The van der Waals surface area contributed by atoms with Crippen molar-refractivity contribution in [3.8, 4) is 0 Å². The summed E-state index contributed by atoms with van der Waals surface area (Å²) in [6.45, 7) is 6.46. The van der Waals surface area contributed by atoms with E-state index in [2.05, 4.69) is 5.32 Å². The second-order valence-electron chi connectivity index (χ2n) is 7.59. The predicted molar refractivity (Wildman–Crippen MR) is 119 cm³/mol. The summed E-state index contributed by atoms with van der Waals surface area (Å²) in [6, 6.07) is 10.4. The van der Waals surface area contributed by atoms with Crippen molar-refractivity contribution in [3.63, 3.8) is 0 Å². The summed E-state index contributed by atoms with van der Waals surface area (Å²) < 4.78 is 14.1. The standard InChI is InChI=1S/C23H27Cl2FN2O2/c1-4-21(23(30)27-13-15(2)3)28(14-17-9-10-18(24)12-19(17)25)22(29)11-16-7-5-6-8-20(16)26/h5-10,12,15,21H,4,11,13-14H2,1-3H3,(H,27,30)/t21-/m0/s1. The Labute approximate surface area is 187 Å². The van der Waals surface area contributed by atoms with Crippen LogP contribution in [0.4, 0.5) is 4.39 Å². The van der Waals surface area contributed by atoms with E-state index in [0.717, 1.165) is 0 Å². The number of nitrogens with zero attached hydrogens (tertiary/aromatic N) is 1. The monoisotopic (exact) mass is 452 g/mol. The van der Waals surface area contributed by atoms with Gasteiger partial charge in [-0.1, -0.05) is 68.2 Å². The molecule has 30 heavy (non-hydrogen) atoms. The molecular weight excluding hydrogens is 426 g/mol. The van der Waals surface area contributed by atoms with E-state index in [-0.39, 0.29) is 36.3 Å². The topological polar surface area (TPSA) is 49.4 Å². The molecule has 0 aliphatic rings. The van der Waals surface area contributed by atoms with Crippen molar-refractivity contribution in [2.75, 3.05) is 6.54 Å². The van der Waals surface area contributed by atoms with Gasteiger partial charge in [-0.2, -0.15) is 0 Å². The molecule has 0 bridgehead atoms. The number of hydrogen-bond acceptors (Lipinski definition) is 2. The number of amides is 2. The minimum Gasteiger partial charge on any atom is -0.354 e. The number of carbonyl (C=O) groups is 2. The summed E-state index contributed by atoms with van der Waals surface area (Å²) in [4.78, 5) is 27.5. The number of halogens is 3. The third-order valence-electron chi connectivity index (χ3n) is 4.73. The molecule has 2 amide bonds. The van der Waals surface area contributed by atoms with Crippen LogP contribution in [0, 0.1) is 11.7 Å². The van der Waals surface area contributed by atoms with Gasteiger partial charge in [0.2, 0.25) is 11.8 Å². The quantitative estimate of drug-likeness (QED) is 0.564. The molecule has 0 aliphatic carbocycles. The Bertz CT molecular complexity index is 889. The van der Waals surface area contributed by atoms with Crippen LogP contribution in [0.5, 0.6) is 0 Å². The van der Waals surface area contributed by atoms with Crippen LogP contribution in [0.1, 0.15) is 38.3 Å². The summed E-state index contributed by atoms with van der Waals surface area (Å²) in [5, 5.41) is 3.78. The van der Waals surface area contributed by atoms with Crippen molar-refractivity contribution < 1.29 is 14.0 Å². The van der Waals surface area contributed by atoms with Gasteiger partial charge in [-0.25, -0.2) is 4.39 Å². The summed E-state index contributed by atoms with van der Waals surface area (Å²) in [6.07, 6.45) is 0.268. The zero-order valence-electron chi connectivity index (χ0n) is 17.4. The van der Waals surface area contributed by atoms with E-state index in [1.54, 1.807) is 36.4 Å². The van der Waals surface area contributed by atoms with Crippen molar-refractivity contribution in [2.45, 2.75) is 46.2 Å². The Kier molecular flexibility index (Phi) is 9.12. The molecule has 162 valence electrons. The largest absolute Gasteiger partial charge is 0.354 e. The van der Waals surface area contributed by atoms with Crippen molar-refractivity contribution in [1.82, 2.24) is 10.2 Å². The predicted octanol–water partition coefficient (Wildman–Crippen LogP) is 5.25. The van der Waals surface area contributed by atoms with E-state index < -0.39 is 11.9 Å². The highest BCUT2D eigenvalue weighted by Gasteiger charge is 2.29. The van der Waals surface area contributed by atoms with Gasteiger partial charge in [0.15, 0.2) is 0 Å². The normalized spacial score (nSPS) is 12.0. The van der Waals surface area contributed by atoms with Gasteiger partial charge >= 0.3 is 0 Å². The average Bonchev–Trinajstić information content (AvgIpc) is 2.69. The molecule has 1 N–H and O–H groups in total. The van der Waals surface area contributed by atoms with Crippen LogP contribution in [-0.2, 0) is 22.6 Å². The van der Waals surface area contributed by atoms with E-state index >= 15 is 0 Å². The molecule has 1 atom stereocenters. The first-order valence-electron chi connectivity index (χ1n) is 9.97. The number of rotatable bonds is 9. The molecule has 2 aromatic rings. The zero-order chi connectivity index (χ0) is 22.3. The molecule has 0 aromatic heterocycles. The SMILES string of the molecule is CC[C@@H](C(=O)NCC(C)C)N(Cc1ccc(Cl)cc1Cl)C(=O)Cc1ccccc1F. The van der Waals surface area contributed by atoms with Crippen LogP contribution in [0.2, 0.25) is 10.0 Å². The van der Waals surface area contributed by atoms with Gasteiger partial charge in [0.1, 0.15) is 11.9 Å². The van der Waals surface area contributed by atoms with E-state index in [1.165, 1.54) is 11.0 Å². The molecule has 0 saturated heterocycles. The number of hydrogen-bond donors (Lipinski definition) is 1. The van der Waals surface area contributed by atoms with Crippen molar-refractivity contribution >= 4 is 35.0 Å². The fraction of sp³-hybridized carbons (Fsp3) is 0.391. The molecule has 0 radical (unpaired) electrons. The molecule has 4 nitrogen and oxygen atoms in total. The maximum Gasteiger partial charge on any atom is 0.242 e. The highest BCUT2D eigenvalue weighted by atomic mass is 35.5. The summed E-state index contributed by atoms with van der Waals surface area (Å²) in [5.74, 6) is -0.761. The van der Waals surface area contributed by atoms with Crippen LogP contribution in [0.15, 0.2) is 42.5 Å². The maximum atomic E-state index is 14.1. The third kappa shape index (κ3) is 6.71. The summed E-state index contributed by atoms with van der Waals surface area (Å²) in [7, 11) is 0. The van der Waals surface area contributed by atoms with E-state index in [0.29, 0.717) is 28.6 Å². The Morgan fingerprint density at radius 2 is 1.80 bits per heavy atom. The molecule has 0 spiro atoms. The van der Waals surface area contributed by atoms with Gasteiger partial charge in [-0.05, 0) is 41.7 Å².